The molecule has 4 aromatic rings. The molecule has 2 aromatic carbocycles. The summed E-state index contributed by atoms with van der Waals surface area (Å²) in [6.45, 7) is 1.60. The van der Waals surface area contributed by atoms with Crippen molar-refractivity contribution in [3.05, 3.63) is 89.9 Å². The lowest BCUT2D eigenvalue weighted by atomic mass is 10.1. The molecular weight excluding hydrogens is 442 g/mol. The van der Waals surface area contributed by atoms with Crippen LogP contribution in [0.2, 0.25) is 0 Å². The van der Waals surface area contributed by atoms with Gasteiger partial charge >= 0.3 is 0 Å². The first-order valence-electron chi connectivity index (χ1n) is 10.0. The van der Waals surface area contributed by atoms with Crippen LogP contribution in [0.15, 0.2) is 83.0 Å². The largest absolute Gasteiger partial charge is 0.495 e. The first kappa shape index (κ1) is 22.2. The third-order valence-corrected chi connectivity index (χ3v) is 6.99. The maximum absolute atomic E-state index is 13.2. The molecular formula is C24H21N3O5S. The van der Waals surface area contributed by atoms with Gasteiger partial charge in [0, 0.05) is 30.7 Å². The first-order valence-corrected chi connectivity index (χ1v) is 11.5. The van der Waals surface area contributed by atoms with Crippen molar-refractivity contribution >= 4 is 27.2 Å². The van der Waals surface area contributed by atoms with Gasteiger partial charge in [-0.2, -0.15) is 0 Å². The Kier molecular flexibility index (Phi) is 5.97. The van der Waals surface area contributed by atoms with Gasteiger partial charge in [0.05, 0.1) is 17.6 Å². The van der Waals surface area contributed by atoms with Crippen molar-refractivity contribution in [3.63, 3.8) is 0 Å². The van der Waals surface area contributed by atoms with Crippen LogP contribution >= 0.6 is 0 Å². The Labute approximate surface area is 190 Å². The van der Waals surface area contributed by atoms with E-state index in [1.54, 1.807) is 47.3 Å². The predicted molar refractivity (Wildman–Crippen MR) is 121 cm³/mol. The smallest absolute Gasteiger partial charge is 0.253 e. The van der Waals surface area contributed by atoms with Crippen LogP contribution in [0.3, 0.4) is 0 Å². The monoisotopic (exact) mass is 463 g/mol. The number of nitrogens with zero attached hydrogens (tertiary/aromatic N) is 2. The number of amides is 1. The van der Waals surface area contributed by atoms with Crippen LogP contribution in [-0.4, -0.2) is 36.6 Å². The standard InChI is InChI=1S/C24H21N3O5S/c1-16(28)18-5-9-21(32-2)22(13-18)33(30,31)20-7-3-17(4-8-20)14-26-24(29)19-6-10-23-25-11-12-27(23)15-19/h3-13,15H,14H2,1-2H3,(H,26,29). The number of carbonyl (C=O) groups is 2. The van der Waals surface area contributed by atoms with E-state index in [2.05, 4.69) is 10.3 Å². The molecule has 0 bridgehead atoms. The normalized spacial score (nSPS) is 11.3. The van der Waals surface area contributed by atoms with Crippen molar-refractivity contribution < 1.29 is 22.7 Å². The number of imidazole rings is 1. The molecule has 0 atom stereocenters. The third kappa shape index (κ3) is 4.49. The number of methoxy groups -OCH3 is 1. The summed E-state index contributed by atoms with van der Waals surface area (Å²) in [5.74, 6) is -0.341. The van der Waals surface area contributed by atoms with Gasteiger partial charge in [-0.15, -0.1) is 0 Å². The summed E-state index contributed by atoms with van der Waals surface area (Å²) in [5.41, 5.74) is 2.24. The number of ketones is 1. The average Bonchev–Trinajstić information content (AvgIpc) is 3.30. The van der Waals surface area contributed by atoms with E-state index in [0.29, 0.717) is 5.56 Å². The molecule has 0 aliphatic heterocycles. The van der Waals surface area contributed by atoms with Crippen LogP contribution in [-0.2, 0) is 16.4 Å². The fourth-order valence-corrected chi connectivity index (χ4v) is 4.80. The van der Waals surface area contributed by atoms with E-state index in [1.807, 2.05) is 0 Å². The summed E-state index contributed by atoms with van der Waals surface area (Å²) in [6, 6.07) is 14.0. The molecule has 0 unspecified atom stereocenters. The summed E-state index contributed by atoms with van der Waals surface area (Å²) in [4.78, 5) is 28.3. The molecule has 0 spiro atoms. The zero-order valence-corrected chi connectivity index (χ0v) is 18.8. The molecule has 1 amide bonds. The second-order valence-corrected chi connectivity index (χ2v) is 9.28. The number of nitrogens with one attached hydrogen (secondary N) is 1. The molecule has 4 rings (SSSR count). The lowest BCUT2D eigenvalue weighted by Crippen LogP contribution is -2.23. The van der Waals surface area contributed by atoms with E-state index in [4.69, 9.17) is 4.74 Å². The minimum absolute atomic E-state index is 0.0575. The van der Waals surface area contributed by atoms with Gasteiger partial charge in [0.15, 0.2) is 5.78 Å². The number of sulfone groups is 1. The average molecular weight is 464 g/mol. The summed E-state index contributed by atoms with van der Waals surface area (Å²) in [7, 11) is -2.54. The van der Waals surface area contributed by atoms with E-state index in [0.717, 1.165) is 11.2 Å². The summed E-state index contributed by atoms with van der Waals surface area (Å²) in [6.07, 6.45) is 5.10. The highest BCUT2D eigenvalue weighted by atomic mass is 32.2. The molecule has 0 saturated heterocycles. The Bertz CT molecular complexity index is 1460. The predicted octanol–water partition coefficient (Wildman–Crippen LogP) is 3.31. The number of aromatic nitrogens is 2. The second-order valence-electron chi connectivity index (χ2n) is 7.36. The molecule has 0 saturated carbocycles. The zero-order chi connectivity index (χ0) is 23.6. The molecule has 0 aliphatic rings. The van der Waals surface area contributed by atoms with Crippen molar-refractivity contribution in [1.82, 2.24) is 14.7 Å². The Morgan fingerprint density at radius 2 is 1.76 bits per heavy atom. The van der Waals surface area contributed by atoms with Gasteiger partial charge in [-0.25, -0.2) is 13.4 Å². The van der Waals surface area contributed by atoms with Crippen LogP contribution in [0.25, 0.3) is 5.65 Å². The van der Waals surface area contributed by atoms with Crippen molar-refractivity contribution in [3.8, 4) is 5.75 Å². The molecule has 0 aliphatic carbocycles. The van der Waals surface area contributed by atoms with Crippen molar-refractivity contribution in [2.75, 3.05) is 7.11 Å². The number of ether oxygens (including phenoxy) is 1. The van der Waals surface area contributed by atoms with E-state index >= 15 is 0 Å². The zero-order valence-electron chi connectivity index (χ0n) is 18.0. The van der Waals surface area contributed by atoms with Gasteiger partial charge in [0.25, 0.3) is 5.91 Å². The summed E-state index contributed by atoms with van der Waals surface area (Å²) < 4.78 is 33.3. The quantitative estimate of drug-likeness (QED) is 0.422. The molecule has 8 nitrogen and oxygen atoms in total. The Hall–Kier alpha value is -3.98. The number of carbonyl (C=O) groups excluding carboxylic acids is 2. The van der Waals surface area contributed by atoms with Gasteiger partial charge in [0.1, 0.15) is 16.3 Å². The highest BCUT2D eigenvalue weighted by molar-refractivity contribution is 7.91. The minimum atomic E-state index is -3.92. The van der Waals surface area contributed by atoms with Gasteiger partial charge in [0.2, 0.25) is 9.84 Å². The number of hydrogen-bond donors (Lipinski definition) is 1. The van der Waals surface area contributed by atoms with E-state index in [-0.39, 0.29) is 39.3 Å². The molecule has 33 heavy (non-hydrogen) atoms. The number of benzene rings is 2. The van der Waals surface area contributed by atoms with Crippen molar-refractivity contribution in [2.45, 2.75) is 23.3 Å². The van der Waals surface area contributed by atoms with Crippen molar-refractivity contribution in [1.29, 1.82) is 0 Å². The molecule has 0 fully saturated rings. The van der Waals surface area contributed by atoms with Crippen LogP contribution in [0.4, 0.5) is 0 Å². The van der Waals surface area contributed by atoms with Crippen LogP contribution in [0, 0.1) is 0 Å². The van der Waals surface area contributed by atoms with Gasteiger partial charge in [-0.05, 0) is 55.0 Å². The molecule has 9 heteroatoms. The molecule has 1 N–H and O–H groups in total. The van der Waals surface area contributed by atoms with E-state index in [9.17, 15) is 18.0 Å². The minimum Gasteiger partial charge on any atom is -0.495 e. The van der Waals surface area contributed by atoms with E-state index in [1.165, 1.54) is 44.4 Å². The van der Waals surface area contributed by atoms with Crippen LogP contribution < -0.4 is 10.1 Å². The molecule has 0 radical (unpaired) electrons. The highest BCUT2D eigenvalue weighted by Crippen LogP contribution is 2.30. The summed E-state index contributed by atoms with van der Waals surface area (Å²) in [5, 5.41) is 2.82. The lowest BCUT2D eigenvalue weighted by molar-refractivity contribution is 0.0949. The third-order valence-electron chi connectivity index (χ3n) is 5.20. The molecule has 2 aromatic heterocycles. The Morgan fingerprint density at radius 3 is 2.45 bits per heavy atom. The van der Waals surface area contributed by atoms with Gasteiger partial charge in [-0.1, -0.05) is 12.1 Å². The van der Waals surface area contributed by atoms with Crippen LogP contribution in [0.1, 0.15) is 33.2 Å². The maximum atomic E-state index is 13.2. The number of fused-ring (bicyclic) bond motifs is 1. The number of Topliss-reactive ketones (excluding diaryl/α,β-unsaturated/α-hetero) is 1. The fraction of sp³-hybridized carbons (Fsp3) is 0.125. The van der Waals surface area contributed by atoms with Gasteiger partial charge in [-0.3, -0.25) is 9.59 Å². The highest BCUT2D eigenvalue weighted by Gasteiger charge is 2.23. The van der Waals surface area contributed by atoms with Crippen LogP contribution in [0.5, 0.6) is 5.75 Å². The number of hydrogen-bond acceptors (Lipinski definition) is 6. The number of rotatable bonds is 7. The fourth-order valence-electron chi connectivity index (χ4n) is 3.36. The second kappa shape index (κ2) is 8.87. The topological polar surface area (TPSA) is 107 Å². The summed E-state index contributed by atoms with van der Waals surface area (Å²) >= 11 is 0. The molecule has 168 valence electrons. The van der Waals surface area contributed by atoms with Gasteiger partial charge < -0.3 is 14.5 Å². The Morgan fingerprint density at radius 1 is 1.03 bits per heavy atom. The lowest BCUT2D eigenvalue weighted by Gasteiger charge is -2.12. The number of pyridine rings is 1. The van der Waals surface area contributed by atoms with E-state index < -0.39 is 9.84 Å². The first-order chi connectivity index (χ1) is 15.8. The molecule has 2 heterocycles. The Balaban J connectivity index is 1.51. The van der Waals surface area contributed by atoms with Crippen molar-refractivity contribution in [2.24, 2.45) is 0 Å². The SMILES string of the molecule is COc1ccc(C(C)=O)cc1S(=O)(=O)c1ccc(CNC(=O)c2ccc3nccn3c2)cc1. The maximum Gasteiger partial charge on any atom is 0.253 e.